The Morgan fingerprint density at radius 1 is 1.18 bits per heavy atom. The van der Waals surface area contributed by atoms with E-state index in [2.05, 4.69) is 26.1 Å². The van der Waals surface area contributed by atoms with Crippen molar-refractivity contribution < 1.29 is 22.8 Å². The van der Waals surface area contributed by atoms with E-state index in [1.54, 1.807) is 6.92 Å². The van der Waals surface area contributed by atoms with Crippen molar-refractivity contribution in [3.8, 4) is 0 Å². The highest BCUT2D eigenvalue weighted by Gasteiger charge is 2.42. The first-order valence-corrected chi connectivity index (χ1v) is 12.6. The fourth-order valence-corrected chi connectivity index (χ4v) is 5.49. The van der Waals surface area contributed by atoms with Gasteiger partial charge in [0.1, 0.15) is 5.00 Å². The Bertz CT molecular complexity index is 1060. The highest BCUT2D eigenvalue weighted by atomic mass is 32.1. The first-order chi connectivity index (χ1) is 16.2. The third-order valence-corrected chi connectivity index (χ3v) is 7.32. The molecule has 0 spiro atoms. The summed E-state index contributed by atoms with van der Waals surface area (Å²) in [6, 6.07) is -0.572. The fourth-order valence-electron chi connectivity index (χ4n) is 4.25. The Balaban J connectivity index is 1.69. The van der Waals surface area contributed by atoms with Crippen LogP contribution in [0.25, 0.3) is 0 Å². The molecule has 0 saturated heterocycles. The third-order valence-electron chi connectivity index (χ3n) is 6.11. The molecule has 0 aliphatic heterocycles. The SMILES string of the molecule is CCCCNC(=O)c1c(NC(=O)C2CC2)sc2c1CC(n1c(NCC)nnc1C(F)(F)F)CC2. The average Bonchev–Trinajstić information content (AvgIpc) is 3.45. The summed E-state index contributed by atoms with van der Waals surface area (Å²) < 4.78 is 42.2. The molecule has 2 amide bonds. The molecule has 2 aromatic rings. The van der Waals surface area contributed by atoms with Crippen LogP contribution in [0.4, 0.5) is 24.1 Å². The Hall–Kier alpha value is -2.63. The van der Waals surface area contributed by atoms with Crippen molar-refractivity contribution in [2.75, 3.05) is 23.7 Å². The van der Waals surface area contributed by atoms with Gasteiger partial charge in [-0.05, 0) is 51.0 Å². The summed E-state index contributed by atoms with van der Waals surface area (Å²) in [5.41, 5.74) is 1.08. The number of aryl methyl sites for hydroxylation is 1. The number of carbonyl (C=O) groups excluding carboxylic acids is 2. The summed E-state index contributed by atoms with van der Waals surface area (Å²) in [7, 11) is 0. The minimum absolute atomic E-state index is 0.0306. The molecule has 8 nitrogen and oxygen atoms in total. The normalized spacial score (nSPS) is 17.9. The van der Waals surface area contributed by atoms with E-state index in [9.17, 15) is 22.8 Å². The molecule has 0 aromatic carbocycles. The number of alkyl halides is 3. The lowest BCUT2D eigenvalue weighted by Crippen LogP contribution is -2.29. The molecule has 0 bridgehead atoms. The number of rotatable bonds is 9. The van der Waals surface area contributed by atoms with Crippen LogP contribution in [0.2, 0.25) is 0 Å². The van der Waals surface area contributed by atoms with Crippen molar-refractivity contribution in [2.45, 2.75) is 71.0 Å². The highest BCUT2D eigenvalue weighted by Crippen LogP contribution is 2.44. The van der Waals surface area contributed by atoms with Gasteiger partial charge in [-0.1, -0.05) is 13.3 Å². The Kier molecular flexibility index (Phi) is 7.15. The van der Waals surface area contributed by atoms with Crippen molar-refractivity contribution >= 4 is 34.1 Å². The molecule has 4 rings (SSSR count). The predicted molar refractivity (Wildman–Crippen MR) is 123 cm³/mol. The number of aromatic nitrogens is 3. The summed E-state index contributed by atoms with van der Waals surface area (Å²) in [6.45, 7) is 4.68. The van der Waals surface area contributed by atoms with Gasteiger partial charge in [-0.3, -0.25) is 14.2 Å². The Morgan fingerprint density at radius 3 is 2.59 bits per heavy atom. The van der Waals surface area contributed by atoms with E-state index in [1.165, 1.54) is 11.3 Å². The summed E-state index contributed by atoms with van der Waals surface area (Å²) >= 11 is 1.36. The third kappa shape index (κ3) is 5.06. The largest absolute Gasteiger partial charge is 0.451 e. The van der Waals surface area contributed by atoms with Crippen molar-refractivity contribution in [1.29, 1.82) is 0 Å². The smallest absolute Gasteiger partial charge is 0.355 e. The lowest BCUT2D eigenvalue weighted by Gasteiger charge is -2.27. The minimum Gasteiger partial charge on any atom is -0.355 e. The van der Waals surface area contributed by atoms with E-state index < -0.39 is 18.0 Å². The maximum absolute atomic E-state index is 13.7. The van der Waals surface area contributed by atoms with Crippen LogP contribution in [0.15, 0.2) is 0 Å². The van der Waals surface area contributed by atoms with Crippen molar-refractivity contribution in [1.82, 2.24) is 20.1 Å². The van der Waals surface area contributed by atoms with Crippen molar-refractivity contribution in [2.24, 2.45) is 5.92 Å². The zero-order chi connectivity index (χ0) is 24.5. The molecule has 2 aliphatic rings. The Morgan fingerprint density at radius 2 is 1.94 bits per heavy atom. The van der Waals surface area contributed by atoms with Crippen LogP contribution >= 0.6 is 11.3 Å². The zero-order valence-corrected chi connectivity index (χ0v) is 20.0. The summed E-state index contributed by atoms with van der Waals surface area (Å²) in [5, 5.41) is 16.3. The number of thiophene rings is 1. The van der Waals surface area contributed by atoms with Crippen LogP contribution in [-0.2, 0) is 23.8 Å². The maximum Gasteiger partial charge on any atom is 0.451 e. The molecule has 186 valence electrons. The second kappa shape index (κ2) is 9.93. The van der Waals surface area contributed by atoms with Gasteiger partial charge in [-0.15, -0.1) is 21.5 Å². The number of hydrogen-bond acceptors (Lipinski definition) is 6. The number of hydrogen-bond donors (Lipinski definition) is 3. The van der Waals surface area contributed by atoms with Crippen LogP contribution in [0.3, 0.4) is 0 Å². The molecule has 1 atom stereocenters. The van der Waals surface area contributed by atoms with E-state index in [1.807, 2.05) is 6.92 Å². The quantitative estimate of drug-likeness (QED) is 0.445. The topological polar surface area (TPSA) is 101 Å². The lowest BCUT2D eigenvalue weighted by molar-refractivity contribution is -0.148. The summed E-state index contributed by atoms with van der Waals surface area (Å²) in [6.07, 6.45) is -0.0978. The fraction of sp³-hybridized carbons (Fsp3) is 0.636. The highest BCUT2D eigenvalue weighted by molar-refractivity contribution is 7.17. The molecule has 34 heavy (non-hydrogen) atoms. The molecular weight excluding hydrogens is 469 g/mol. The molecule has 2 aromatic heterocycles. The number of nitrogens with one attached hydrogen (secondary N) is 3. The van der Waals surface area contributed by atoms with Crippen LogP contribution in [-0.4, -0.2) is 39.7 Å². The van der Waals surface area contributed by atoms with E-state index in [4.69, 9.17) is 0 Å². The number of anilines is 2. The van der Waals surface area contributed by atoms with Crippen molar-refractivity contribution in [3.63, 3.8) is 0 Å². The monoisotopic (exact) mass is 498 g/mol. The molecule has 2 heterocycles. The van der Waals surface area contributed by atoms with Gasteiger partial charge in [0.2, 0.25) is 17.7 Å². The molecule has 2 aliphatic carbocycles. The van der Waals surface area contributed by atoms with Crippen LogP contribution < -0.4 is 16.0 Å². The molecule has 0 radical (unpaired) electrons. The maximum atomic E-state index is 13.7. The molecule has 1 fully saturated rings. The summed E-state index contributed by atoms with van der Waals surface area (Å²) in [5.74, 6) is -1.43. The number of amides is 2. The second-order valence-corrected chi connectivity index (χ2v) is 9.83. The minimum atomic E-state index is -4.65. The molecular formula is C22H29F3N6O2S. The van der Waals surface area contributed by atoms with Gasteiger partial charge >= 0.3 is 6.18 Å². The van der Waals surface area contributed by atoms with Crippen LogP contribution in [0.1, 0.15) is 78.6 Å². The van der Waals surface area contributed by atoms with Gasteiger partial charge in [-0.25, -0.2) is 0 Å². The molecule has 1 saturated carbocycles. The van der Waals surface area contributed by atoms with Gasteiger partial charge in [0.15, 0.2) is 0 Å². The van der Waals surface area contributed by atoms with E-state index in [0.29, 0.717) is 42.1 Å². The second-order valence-electron chi connectivity index (χ2n) is 8.72. The number of nitrogens with zero attached hydrogens (tertiary/aromatic N) is 3. The van der Waals surface area contributed by atoms with E-state index in [0.717, 1.165) is 35.1 Å². The number of carbonyl (C=O) groups is 2. The van der Waals surface area contributed by atoms with Gasteiger partial charge in [-0.2, -0.15) is 13.2 Å². The number of fused-ring (bicyclic) bond motifs is 1. The van der Waals surface area contributed by atoms with Crippen molar-refractivity contribution in [3.05, 3.63) is 21.8 Å². The lowest BCUT2D eigenvalue weighted by atomic mass is 9.90. The van der Waals surface area contributed by atoms with Crippen LogP contribution in [0.5, 0.6) is 0 Å². The van der Waals surface area contributed by atoms with E-state index in [-0.39, 0.29) is 30.1 Å². The molecule has 12 heteroatoms. The first-order valence-electron chi connectivity index (χ1n) is 11.7. The zero-order valence-electron chi connectivity index (χ0n) is 19.2. The Labute approximate surface area is 199 Å². The van der Waals surface area contributed by atoms with Gasteiger partial charge < -0.3 is 16.0 Å². The summed E-state index contributed by atoms with van der Waals surface area (Å²) in [4.78, 5) is 26.5. The number of halogens is 3. The standard InChI is InChI=1S/C22H29F3N6O2S/c1-3-5-10-27-18(33)16-14-11-13(31-20(22(23,24)25)29-30-21(31)26-4-2)8-9-15(14)34-19(16)28-17(32)12-6-7-12/h12-13H,3-11H2,1-2H3,(H,26,30)(H,27,33)(H,28,32). The van der Waals surface area contributed by atoms with E-state index >= 15 is 0 Å². The molecule has 3 N–H and O–H groups in total. The molecule has 1 unspecified atom stereocenters. The van der Waals surface area contributed by atoms with Gasteiger partial charge in [0.25, 0.3) is 5.91 Å². The van der Waals surface area contributed by atoms with Gasteiger partial charge in [0.05, 0.1) is 5.56 Å². The van der Waals surface area contributed by atoms with Crippen LogP contribution in [0, 0.1) is 5.92 Å². The average molecular weight is 499 g/mol. The predicted octanol–water partition coefficient (Wildman–Crippen LogP) is 4.40. The first kappa shape index (κ1) is 24.5. The van der Waals surface area contributed by atoms with Gasteiger partial charge in [0, 0.05) is 29.9 Å². The number of unbranched alkanes of at least 4 members (excludes halogenated alkanes) is 1.